The quantitative estimate of drug-likeness (QED) is 0.262. The number of aryl methyl sites for hydroxylation is 2. The van der Waals surface area contributed by atoms with Crippen LogP contribution in [0.4, 0.5) is 0 Å². The molecule has 4 aromatic rings. The Morgan fingerprint density at radius 3 is 2.39 bits per heavy atom. The molecule has 0 aliphatic carbocycles. The number of nitrogens with zero attached hydrogens (tertiary/aromatic N) is 2. The van der Waals surface area contributed by atoms with E-state index in [2.05, 4.69) is 6.92 Å². The van der Waals surface area contributed by atoms with Gasteiger partial charge in [0, 0.05) is 12.1 Å². The smallest absolute Gasteiger partial charge is 0.336 e. The van der Waals surface area contributed by atoms with Crippen molar-refractivity contribution in [2.45, 2.75) is 57.8 Å². The number of carboxylic acid groups (broad SMARTS) is 1. The second kappa shape index (κ2) is 10.7. The second-order valence-corrected chi connectivity index (χ2v) is 11.2. The molecule has 0 radical (unpaired) electrons. The van der Waals surface area contributed by atoms with Crippen LogP contribution in [0.25, 0.3) is 27.8 Å². The van der Waals surface area contributed by atoms with Crippen molar-refractivity contribution in [3.05, 3.63) is 77.6 Å². The molecule has 0 fully saturated rings. The van der Waals surface area contributed by atoms with E-state index in [9.17, 15) is 18.3 Å². The first-order chi connectivity index (χ1) is 17.3. The highest BCUT2D eigenvalue weighted by Gasteiger charge is 2.19. The number of aromatic carboxylic acids is 1. The SMILES string of the molecule is CCCCc1nc2ccc(S(=O)(=O)CCCC)cc2n1-c1ccc(-c2ccccc2C(=O)O)c(C)c1. The first-order valence-electron chi connectivity index (χ1n) is 12.4. The molecule has 0 unspecified atom stereocenters. The van der Waals surface area contributed by atoms with Crippen molar-refractivity contribution >= 4 is 26.8 Å². The fourth-order valence-electron chi connectivity index (χ4n) is 4.53. The third-order valence-corrected chi connectivity index (χ3v) is 8.29. The fraction of sp³-hybridized carbons (Fsp3) is 0.310. The monoisotopic (exact) mass is 504 g/mol. The van der Waals surface area contributed by atoms with Crippen LogP contribution < -0.4 is 0 Å². The predicted octanol–water partition coefficient (Wildman–Crippen LogP) is 6.62. The summed E-state index contributed by atoms with van der Waals surface area (Å²) in [6.45, 7) is 6.07. The van der Waals surface area contributed by atoms with Crippen LogP contribution in [0.1, 0.15) is 61.3 Å². The van der Waals surface area contributed by atoms with Gasteiger partial charge in [-0.1, -0.05) is 51.0 Å². The molecule has 1 N–H and O–H groups in total. The average Bonchev–Trinajstić information content (AvgIpc) is 3.23. The Kier molecular flexibility index (Phi) is 7.59. The van der Waals surface area contributed by atoms with E-state index in [1.54, 1.807) is 30.3 Å². The molecule has 0 spiro atoms. The minimum Gasteiger partial charge on any atom is -0.478 e. The Labute approximate surface area is 212 Å². The van der Waals surface area contributed by atoms with Crippen molar-refractivity contribution in [3.8, 4) is 16.8 Å². The van der Waals surface area contributed by atoms with Crippen LogP contribution in [0.2, 0.25) is 0 Å². The molecular formula is C29H32N2O4S. The summed E-state index contributed by atoms with van der Waals surface area (Å²) in [4.78, 5) is 16.9. The third-order valence-electron chi connectivity index (χ3n) is 6.49. The molecule has 36 heavy (non-hydrogen) atoms. The number of hydrogen-bond donors (Lipinski definition) is 1. The Bertz CT molecular complexity index is 1520. The van der Waals surface area contributed by atoms with Crippen molar-refractivity contribution in [1.29, 1.82) is 0 Å². The zero-order chi connectivity index (χ0) is 25.9. The topological polar surface area (TPSA) is 89.3 Å². The maximum Gasteiger partial charge on any atom is 0.336 e. The van der Waals surface area contributed by atoms with Crippen molar-refractivity contribution in [2.75, 3.05) is 5.75 Å². The number of rotatable bonds is 10. The van der Waals surface area contributed by atoms with Gasteiger partial charge in [0.2, 0.25) is 0 Å². The summed E-state index contributed by atoms with van der Waals surface area (Å²) < 4.78 is 27.9. The standard InChI is InChI=1S/C29H32N2O4S/c1-4-6-12-28-30-26-16-14-22(36(34,35)17-7-5-2)19-27(26)31(28)21-13-15-23(20(3)18-21)24-10-8-9-11-25(24)29(32)33/h8-11,13-16,18-19H,4-7,12,17H2,1-3H3,(H,32,33). The lowest BCUT2D eigenvalue weighted by Crippen LogP contribution is -2.07. The van der Waals surface area contributed by atoms with Gasteiger partial charge in [-0.15, -0.1) is 0 Å². The van der Waals surface area contributed by atoms with Gasteiger partial charge in [-0.25, -0.2) is 18.2 Å². The number of fused-ring (bicyclic) bond motifs is 1. The maximum atomic E-state index is 12.9. The van der Waals surface area contributed by atoms with Crippen LogP contribution in [0, 0.1) is 6.92 Å². The molecule has 0 saturated carbocycles. The molecule has 1 heterocycles. The number of aromatic nitrogens is 2. The first-order valence-corrected chi connectivity index (χ1v) is 14.1. The number of carboxylic acids is 1. The largest absolute Gasteiger partial charge is 0.478 e. The van der Waals surface area contributed by atoms with Crippen molar-refractivity contribution in [3.63, 3.8) is 0 Å². The summed E-state index contributed by atoms with van der Waals surface area (Å²) in [5.74, 6) is 0.0456. The summed E-state index contributed by atoms with van der Waals surface area (Å²) in [7, 11) is -3.38. The van der Waals surface area contributed by atoms with Crippen molar-refractivity contribution in [1.82, 2.24) is 9.55 Å². The molecule has 0 aliphatic rings. The van der Waals surface area contributed by atoms with Crippen molar-refractivity contribution in [2.24, 2.45) is 0 Å². The van der Waals surface area contributed by atoms with Gasteiger partial charge in [-0.3, -0.25) is 4.57 Å². The van der Waals surface area contributed by atoms with Gasteiger partial charge >= 0.3 is 5.97 Å². The molecule has 0 amide bonds. The van der Waals surface area contributed by atoms with Crippen LogP contribution in [0.15, 0.2) is 65.6 Å². The van der Waals surface area contributed by atoms with Gasteiger partial charge < -0.3 is 5.11 Å². The summed E-state index contributed by atoms with van der Waals surface area (Å²) >= 11 is 0. The van der Waals surface area contributed by atoms with E-state index in [1.807, 2.05) is 48.7 Å². The summed E-state index contributed by atoms with van der Waals surface area (Å²) in [6, 6.07) is 18.1. The highest BCUT2D eigenvalue weighted by Crippen LogP contribution is 2.31. The summed E-state index contributed by atoms with van der Waals surface area (Å²) in [6.07, 6.45) is 4.20. The molecule has 4 rings (SSSR count). The van der Waals surface area contributed by atoms with E-state index in [4.69, 9.17) is 4.98 Å². The van der Waals surface area contributed by atoms with Crippen LogP contribution in [0.5, 0.6) is 0 Å². The zero-order valence-corrected chi connectivity index (χ0v) is 21.8. The van der Waals surface area contributed by atoms with E-state index in [1.165, 1.54) is 0 Å². The van der Waals surface area contributed by atoms with E-state index in [0.29, 0.717) is 16.9 Å². The highest BCUT2D eigenvalue weighted by atomic mass is 32.2. The number of imidazole rings is 1. The number of benzene rings is 3. The predicted molar refractivity (Wildman–Crippen MR) is 144 cm³/mol. The van der Waals surface area contributed by atoms with Gasteiger partial charge in [-0.2, -0.15) is 0 Å². The Balaban J connectivity index is 1.87. The Morgan fingerprint density at radius 2 is 1.69 bits per heavy atom. The number of hydrogen-bond acceptors (Lipinski definition) is 4. The van der Waals surface area contributed by atoms with Crippen LogP contribution >= 0.6 is 0 Å². The van der Waals surface area contributed by atoms with Gasteiger partial charge in [0.1, 0.15) is 5.82 Å². The highest BCUT2D eigenvalue weighted by molar-refractivity contribution is 7.91. The average molecular weight is 505 g/mol. The van der Waals surface area contributed by atoms with Gasteiger partial charge in [0.05, 0.1) is 27.2 Å². The van der Waals surface area contributed by atoms with E-state index in [-0.39, 0.29) is 11.3 Å². The zero-order valence-electron chi connectivity index (χ0n) is 21.0. The number of unbranched alkanes of at least 4 members (excludes halogenated alkanes) is 2. The first kappa shape index (κ1) is 25.6. The second-order valence-electron chi connectivity index (χ2n) is 9.14. The van der Waals surface area contributed by atoms with E-state index >= 15 is 0 Å². The lowest BCUT2D eigenvalue weighted by atomic mass is 9.95. The molecule has 0 bridgehead atoms. The Morgan fingerprint density at radius 1 is 0.944 bits per heavy atom. The fourth-order valence-corrected chi connectivity index (χ4v) is 6.01. The van der Waals surface area contributed by atoms with Crippen LogP contribution in [-0.4, -0.2) is 34.8 Å². The summed E-state index contributed by atoms with van der Waals surface area (Å²) in [5.41, 5.74) is 5.09. The summed E-state index contributed by atoms with van der Waals surface area (Å²) in [5, 5.41) is 9.64. The molecule has 188 valence electrons. The van der Waals surface area contributed by atoms with Crippen LogP contribution in [0.3, 0.4) is 0 Å². The molecule has 7 heteroatoms. The molecular weight excluding hydrogens is 472 g/mol. The van der Waals surface area contributed by atoms with E-state index in [0.717, 1.165) is 59.4 Å². The lowest BCUT2D eigenvalue weighted by molar-refractivity contribution is 0.0697. The minimum absolute atomic E-state index is 0.128. The third kappa shape index (κ3) is 5.07. The minimum atomic E-state index is -3.38. The normalized spacial score (nSPS) is 11.8. The van der Waals surface area contributed by atoms with Crippen LogP contribution in [-0.2, 0) is 16.3 Å². The molecule has 6 nitrogen and oxygen atoms in total. The van der Waals surface area contributed by atoms with Gasteiger partial charge in [0.25, 0.3) is 0 Å². The van der Waals surface area contributed by atoms with Crippen molar-refractivity contribution < 1.29 is 18.3 Å². The molecule has 0 saturated heterocycles. The molecule has 0 aliphatic heterocycles. The van der Waals surface area contributed by atoms with Gasteiger partial charge in [0.15, 0.2) is 9.84 Å². The molecule has 3 aromatic carbocycles. The van der Waals surface area contributed by atoms with Gasteiger partial charge in [-0.05, 0) is 72.9 Å². The Hall–Kier alpha value is -3.45. The lowest BCUT2D eigenvalue weighted by Gasteiger charge is -2.14. The molecule has 1 aromatic heterocycles. The maximum absolute atomic E-state index is 12.9. The van der Waals surface area contributed by atoms with E-state index < -0.39 is 15.8 Å². The number of sulfone groups is 1. The molecule has 0 atom stereocenters. The number of carbonyl (C=O) groups is 1.